The third kappa shape index (κ3) is 2.83. The summed E-state index contributed by atoms with van der Waals surface area (Å²) in [6, 6.07) is -0.125. The van der Waals surface area contributed by atoms with Gasteiger partial charge in [0.15, 0.2) is 0 Å². The lowest BCUT2D eigenvalue weighted by Gasteiger charge is -2.40. The maximum Gasteiger partial charge on any atom is 0.237 e. The number of rotatable bonds is 4. The molecule has 16 heavy (non-hydrogen) atoms. The average Bonchev–Trinajstić information content (AvgIpc) is 2.30. The first kappa shape index (κ1) is 13.2. The first-order chi connectivity index (χ1) is 7.53. The Hall–Kier alpha value is -0.870. The Bertz CT molecular complexity index is 263. The van der Waals surface area contributed by atoms with Crippen LogP contribution in [0, 0.1) is 0 Å². The molecular formula is C12H23N3O. The van der Waals surface area contributed by atoms with Gasteiger partial charge >= 0.3 is 0 Å². The minimum absolute atomic E-state index is 0.00713. The molecule has 1 aliphatic rings. The van der Waals surface area contributed by atoms with Crippen molar-refractivity contribution < 1.29 is 4.79 Å². The lowest BCUT2D eigenvalue weighted by atomic mass is 9.96. The molecule has 1 fully saturated rings. The molecule has 0 bridgehead atoms. The minimum atomic E-state index is -0.125. The lowest BCUT2D eigenvalue weighted by Crippen LogP contribution is -2.53. The molecule has 92 valence electrons. The molecule has 1 atom stereocenters. The molecule has 1 rings (SSSR count). The highest BCUT2D eigenvalue weighted by Crippen LogP contribution is 2.25. The summed E-state index contributed by atoms with van der Waals surface area (Å²) in [4.78, 5) is 14.1. The van der Waals surface area contributed by atoms with Gasteiger partial charge in [-0.25, -0.2) is 0 Å². The number of carbonyl (C=O) groups is 1. The van der Waals surface area contributed by atoms with E-state index in [1.165, 1.54) is 0 Å². The molecule has 0 aromatic heterocycles. The molecule has 1 saturated heterocycles. The molecule has 0 aromatic rings. The van der Waals surface area contributed by atoms with Gasteiger partial charge in [-0.15, -0.1) is 6.58 Å². The predicted octanol–water partition coefficient (Wildman–Crippen LogP) is 0.490. The van der Waals surface area contributed by atoms with Gasteiger partial charge in [-0.05, 0) is 33.2 Å². The molecular weight excluding hydrogens is 202 g/mol. The van der Waals surface area contributed by atoms with Crippen LogP contribution < -0.4 is 11.1 Å². The third-order valence-corrected chi connectivity index (χ3v) is 3.26. The van der Waals surface area contributed by atoms with Gasteiger partial charge < -0.3 is 11.1 Å². The van der Waals surface area contributed by atoms with E-state index in [0.29, 0.717) is 13.0 Å². The van der Waals surface area contributed by atoms with Crippen LogP contribution in [-0.4, -0.2) is 42.0 Å². The van der Waals surface area contributed by atoms with Crippen LogP contribution in [0.4, 0.5) is 0 Å². The Balaban J connectivity index is 2.93. The van der Waals surface area contributed by atoms with E-state index >= 15 is 0 Å². The van der Waals surface area contributed by atoms with E-state index in [0.717, 1.165) is 19.5 Å². The summed E-state index contributed by atoms with van der Waals surface area (Å²) in [5.74, 6) is 0.0953. The van der Waals surface area contributed by atoms with Crippen LogP contribution in [-0.2, 0) is 4.79 Å². The number of carbonyl (C=O) groups excluding carboxylic acids is 1. The molecule has 3 N–H and O–H groups in total. The highest BCUT2D eigenvalue weighted by molar-refractivity contribution is 5.82. The number of nitrogens with one attached hydrogen (secondary N) is 1. The predicted molar refractivity (Wildman–Crippen MR) is 66.1 cm³/mol. The Morgan fingerprint density at radius 1 is 1.69 bits per heavy atom. The molecule has 1 amide bonds. The second-order valence-corrected chi connectivity index (χ2v) is 4.89. The first-order valence-corrected chi connectivity index (χ1v) is 5.88. The Labute approximate surface area is 97.9 Å². The number of hydrogen-bond donors (Lipinski definition) is 2. The third-order valence-electron chi connectivity index (χ3n) is 3.26. The molecule has 4 heteroatoms. The molecule has 0 aliphatic carbocycles. The van der Waals surface area contributed by atoms with E-state index in [1.807, 2.05) is 6.08 Å². The van der Waals surface area contributed by atoms with Crippen molar-refractivity contribution in [1.82, 2.24) is 10.2 Å². The zero-order valence-electron chi connectivity index (χ0n) is 10.3. The van der Waals surface area contributed by atoms with Crippen molar-refractivity contribution in [3.05, 3.63) is 12.7 Å². The number of amides is 1. The summed E-state index contributed by atoms with van der Waals surface area (Å²) < 4.78 is 0. The van der Waals surface area contributed by atoms with E-state index in [1.54, 1.807) is 0 Å². The second kappa shape index (κ2) is 5.46. The standard InChI is InChI=1S/C12H23N3O/c1-4-9-15-10(5-7-13)11(16)14-8-6-12(15,2)3/h4,10H,1,5-9,13H2,2-3H3,(H,14,16). The van der Waals surface area contributed by atoms with Crippen molar-refractivity contribution in [2.45, 2.75) is 38.3 Å². The van der Waals surface area contributed by atoms with Crippen LogP contribution in [0.3, 0.4) is 0 Å². The number of hydrogen-bond acceptors (Lipinski definition) is 3. The highest BCUT2D eigenvalue weighted by atomic mass is 16.2. The van der Waals surface area contributed by atoms with Crippen LogP contribution >= 0.6 is 0 Å². The van der Waals surface area contributed by atoms with Gasteiger partial charge in [-0.3, -0.25) is 9.69 Å². The zero-order chi connectivity index (χ0) is 12.2. The molecule has 1 unspecified atom stereocenters. The van der Waals surface area contributed by atoms with Gasteiger partial charge in [0.25, 0.3) is 0 Å². The molecule has 1 heterocycles. The van der Waals surface area contributed by atoms with E-state index < -0.39 is 0 Å². The Morgan fingerprint density at radius 2 is 2.38 bits per heavy atom. The molecule has 1 aliphatic heterocycles. The topological polar surface area (TPSA) is 58.4 Å². The fourth-order valence-electron chi connectivity index (χ4n) is 2.27. The first-order valence-electron chi connectivity index (χ1n) is 5.88. The molecule has 0 spiro atoms. The minimum Gasteiger partial charge on any atom is -0.355 e. The lowest BCUT2D eigenvalue weighted by molar-refractivity contribution is -0.126. The van der Waals surface area contributed by atoms with Crippen molar-refractivity contribution in [2.75, 3.05) is 19.6 Å². The van der Waals surface area contributed by atoms with E-state index in [2.05, 4.69) is 30.6 Å². The van der Waals surface area contributed by atoms with Crippen LogP contribution in [0.25, 0.3) is 0 Å². The monoisotopic (exact) mass is 225 g/mol. The van der Waals surface area contributed by atoms with Crippen LogP contribution in [0.5, 0.6) is 0 Å². The summed E-state index contributed by atoms with van der Waals surface area (Å²) in [5.41, 5.74) is 5.59. The normalized spacial score (nSPS) is 25.9. The summed E-state index contributed by atoms with van der Waals surface area (Å²) in [5, 5.41) is 2.95. The maximum absolute atomic E-state index is 11.9. The molecule has 0 saturated carbocycles. The van der Waals surface area contributed by atoms with Gasteiger partial charge in [0.2, 0.25) is 5.91 Å². The van der Waals surface area contributed by atoms with Crippen molar-refractivity contribution in [2.24, 2.45) is 5.73 Å². The number of nitrogens with two attached hydrogens (primary N) is 1. The highest BCUT2D eigenvalue weighted by Gasteiger charge is 2.37. The largest absolute Gasteiger partial charge is 0.355 e. The summed E-state index contributed by atoms with van der Waals surface area (Å²) in [6.45, 7) is 10.1. The molecule has 4 nitrogen and oxygen atoms in total. The van der Waals surface area contributed by atoms with Gasteiger partial charge in [0.05, 0.1) is 6.04 Å². The fraction of sp³-hybridized carbons (Fsp3) is 0.750. The molecule has 0 radical (unpaired) electrons. The second-order valence-electron chi connectivity index (χ2n) is 4.89. The molecule has 0 aromatic carbocycles. The Kier molecular flexibility index (Phi) is 4.50. The SMILES string of the molecule is C=CCN1C(CCN)C(=O)NCCC1(C)C. The van der Waals surface area contributed by atoms with Crippen LogP contribution in [0.15, 0.2) is 12.7 Å². The van der Waals surface area contributed by atoms with Gasteiger partial charge in [0.1, 0.15) is 0 Å². The Morgan fingerprint density at radius 3 is 2.94 bits per heavy atom. The van der Waals surface area contributed by atoms with E-state index in [4.69, 9.17) is 5.73 Å². The van der Waals surface area contributed by atoms with Gasteiger partial charge in [-0.2, -0.15) is 0 Å². The van der Waals surface area contributed by atoms with Crippen molar-refractivity contribution in [3.8, 4) is 0 Å². The summed E-state index contributed by atoms with van der Waals surface area (Å²) in [7, 11) is 0. The summed E-state index contributed by atoms with van der Waals surface area (Å²) in [6.07, 6.45) is 3.50. The van der Waals surface area contributed by atoms with Crippen LogP contribution in [0.1, 0.15) is 26.7 Å². The van der Waals surface area contributed by atoms with Crippen LogP contribution in [0.2, 0.25) is 0 Å². The van der Waals surface area contributed by atoms with E-state index in [-0.39, 0.29) is 17.5 Å². The van der Waals surface area contributed by atoms with Crippen molar-refractivity contribution in [3.63, 3.8) is 0 Å². The maximum atomic E-state index is 11.9. The van der Waals surface area contributed by atoms with Crippen molar-refractivity contribution >= 4 is 5.91 Å². The van der Waals surface area contributed by atoms with E-state index in [9.17, 15) is 4.79 Å². The number of nitrogens with zero attached hydrogens (tertiary/aromatic N) is 1. The van der Waals surface area contributed by atoms with Crippen molar-refractivity contribution in [1.29, 1.82) is 0 Å². The van der Waals surface area contributed by atoms with Gasteiger partial charge in [0, 0.05) is 18.6 Å². The van der Waals surface area contributed by atoms with Gasteiger partial charge in [-0.1, -0.05) is 6.08 Å². The fourth-order valence-corrected chi connectivity index (χ4v) is 2.27. The quantitative estimate of drug-likeness (QED) is 0.685. The average molecular weight is 225 g/mol. The summed E-state index contributed by atoms with van der Waals surface area (Å²) >= 11 is 0. The smallest absolute Gasteiger partial charge is 0.237 e. The zero-order valence-corrected chi connectivity index (χ0v) is 10.3.